The topological polar surface area (TPSA) is 50.4 Å². The largest absolute Gasteiger partial charge is 0.444 e. The maximum Gasteiger partial charge on any atom is 0.407 e. The normalized spacial score (nSPS) is 27.4. The predicted molar refractivity (Wildman–Crippen MR) is 55.2 cm³/mol. The second-order valence-corrected chi connectivity index (χ2v) is 4.78. The van der Waals surface area contributed by atoms with E-state index in [-0.39, 0.29) is 12.1 Å². The van der Waals surface area contributed by atoms with E-state index in [0.29, 0.717) is 6.04 Å². The summed E-state index contributed by atoms with van der Waals surface area (Å²) in [6.45, 7) is 8.62. The van der Waals surface area contributed by atoms with Gasteiger partial charge in [-0.2, -0.15) is 0 Å². The molecule has 1 heterocycles. The van der Waals surface area contributed by atoms with Crippen molar-refractivity contribution in [2.75, 3.05) is 6.54 Å². The van der Waals surface area contributed by atoms with Crippen LogP contribution >= 0.6 is 0 Å². The highest BCUT2D eigenvalue weighted by molar-refractivity contribution is 5.68. The van der Waals surface area contributed by atoms with Crippen LogP contribution in [0.15, 0.2) is 0 Å². The Bertz CT molecular complexity index is 211. The van der Waals surface area contributed by atoms with Crippen molar-refractivity contribution in [2.45, 2.75) is 51.8 Å². The van der Waals surface area contributed by atoms with Crippen LogP contribution in [0, 0.1) is 0 Å². The zero-order valence-corrected chi connectivity index (χ0v) is 9.39. The minimum atomic E-state index is -0.417. The summed E-state index contributed by atoms with van der Waals surface area (Å²) >= 11 is 0. The van der Waals surface area contributed by atoms with Crippen LogP contribution in [0.4, 0.5) is 4.79 Å². The van der Waals surface area contributed by atoms with E-state index in [2.05, 4.69) is 17.6 Å². The van der Waals surface area contributed by atoms with Gasteiger partial charge in [0.2, 0.25) is 0 Å². The van der Waals surface area contributed by atoms with Crippen LogP contribution in [0.3, 0.4) is 0 Å². The van der Waals surface area contributed by atoms with E-state index >= 15 is 0 Å². The van der Waals surface area contributed by atoms with Gasteiger partial charge in [-0.15, -0.1) is 0 Å². The summed E-state index contributed by atoms with van der Waals surface area (Å²) in [5.74, 6) is 0. The lowest BCUT2D eigenvalue weighted by Gasteiger charge is -2.23. The molecule has 2 N–H and O–H groups in total. The van der Waals surface area contributed by atoms with Crippen molar-refractivity contribution in [1.29, 1.82) is 0 Å². The summed E-state index contributed by atoms with van der Waals surface area (Å²) in [6, 6.07) is 0.535. The van der Waals surface area contributed by atoms with Crippen molar-refractivity contribution in [2.24, 2.45) is 0 Å². The second-order valence-electron chi connectivity index (χ2n) is 4.78. The van der Waals surface area contributed by atoms with Crippen LogP contribution in [0.25, 0.3) is 0 Å². The van der Waals surface area contributed by atoms with Gasteiger partial charge in [-0.25, -0.2) is 4.79 Å². The number of amides is 1. The zero-order chi connectivity index (χ0) is 10.8. The van der Waals surface area contributed by atoms with E-state index in [4.69, 9.17) is 4.74 Å². The highest BCUT2D eigenvalue weighted by atomic mass is 16.6. The van der Waals surface area contributed by atoms with E-state index in [1.54, 1.807) is 0 Å². The predicted octanol–water partition coefficient (Wildman–Crippen LogP) is 1.26. The molecule has 1 amide bonds. The van der Waals surface area contributed by atoms with Crippen molar-refractivity contribution in [3.8, 4) is 0 Å². The SMILES string of the molecule is C[C@@H]1NCC[C@@H]1NC(=O)OC(C)(C)C. The van der Waals surface area contributed by atoms with Gasteiger partial charge >= 0.3 is 6.09 Å². The third-order valence-corrected chi connectivity index (χ3v) is 2.23. The van der Waals surface area contributed by atoms with Crippen LogP contribution in [0.2, 0.25) is 0 Å². The number of hydrogen-bond donors (Lipinski definition) is 2. The number of alkyl carbamates (subject to hydrolysis) is 1. The Balaban J connectivity index is 2.33. The molecule has 0 aromatic heterocycles. The molecule has 2 atom stereocenters. The number of carbonyl (C=O) groups is 1. The molecule has 4 heteroatoms. The lowest BCUT2D eigenvalue weighted by Crippen LogP contribution is -2.44. The molecule has 14 heavy (non-hydrogen) atoms. The first-order chi connectivity index (χ1) is 6.38. The Hall–Kier alpha value is -0.770. The monoisotopic (exact) mass is 200 g/mol. The Kier molecular flexibility index (Phi) is 3.37. The lowest BCUT2D eigenvalue weighted by atomic mass is 10.1. The molecule has 0 bridgehead atoms. The van der Waals surface area contributed by atoms with Crippen molar-refractivity contribution in [1.82, 2.24) is 10.6 Å². The first-order valence-electron chi connectivity index (χ1n) is 5.11. The first kappa shape index (κ1) is 11.3. The minimum Gasteiger partial charge on any atom is -0.444 e. The molecule has 0 unspecified atom stereocenters. The molecule has 82 valence electrons. The van der Waals surface area contributed by atoms with Crippen LogP contribution < -0.4 is 10.6 Å². The summed E-state index contributed by atoms with van der Waals surface area (Å²) in [5.41, 5.74) is -0.417. The average Bonchev–Trinajstić information content (AvgIpc) is 2.32. The first-order valence-corrected chi connectivity index (χ1v) is 5.11. The van der Waals surface area contributed by atoms with Crippen LogP contribution in [0.1, 0.15) is 34.1 Å². The van der Waals surface area contributed by atoms with Crippen molar-refractivity contribution in [3.63, 3.8) is 0 Å². The van der Waals surface area contributed by atoms with Crippen LogP contribution in [0.5, 0.6) is 0 Å². The summed E-state index contributed by atoms with van der Waals surface area (Å²) in [5, 5.41) is 6.13. The standard InChI is InChI=1S/C10H20N2O2/c1-7-8(5-6-11-7)12-9(13)14-10(2,3)4/h7-8,11H,5-6H2,1-4H3,(H,12,13)/t7-,8-/m0/s1. The van der Waals surface area contributed by atoms with E-state index in [1.165, 1.54) is 0 Å². The average molecular weight is 200 g/mol. The fourth-order valence-electron chi connectivity index (χ4n) is 1.51. The molecule has 0 aliphatic carbocycles. The molecular formula is C10H20N2O2. The van der Waals surface area contributed by atoms with Crippen molar-refractivity contribution >= 4 is 6.09 Å². The summed E-state index contributed by atoms with van der Waals surface area (Å²) in [7, 11) is 0. The smallest absolute Gasteiger partial charge is 0.407 e. The van der Waals surface area contributed by atoms with Gasteiger partial charge in [0.05, 0.1) is 0 Å². The van der Waals surface area contributed by atoms with Gasteiger partial charge < -0.3 is 15.4 Å². The third kappa shape index (κ3) is 3.54. The Morgan fingerprint density at radius 1 is 1.50 bits per heavy atom. The maximum absolute atomic E-state index is 11.4. The molecule has 4 nitrogen and oxygen atoms in total. The molecule has 0 saturated carbocycles. The lowest BCUT2D eigenvalue weighted by molar-refractivity contribution is 0.0501. The van der Waals surface area contributed by atoms with Crippen LogP contribution in [-0.4, -0.2) is 30.3 Å². The number of rotatable bonds is 1. The molecule has 1 aliphatic heterocycles. The Morgan fingerprint density at radius 2 is 2.14 bits per heavy atom. The van der Waals surface area contributed by atoms with E-state index in [0.717, 1.165) is 13.0 Å². The number of nitrogens with one attached hydrogen (secondary N) is 2. The molecular weight excluding hydrogens is 180 g/mol. The maximum atomic E-state index is 11.4. The third-order valence-electron chi connectivity index (χ3n) is 2.23. The summed E-state index contributed by atoms with van der Waals surface area (Å²) < 4.78 is 5.17. The molecule has 1 aliphatic rings. The summed E-state index contributed by atoms with van der Waals surface area (Å²) in [6.07, 6.45) is 0.651. The number of carbonyl (C=O) groups excluding carboxylic acids is 1. The van der Waals surface area contributed by atoms with Gasteiger partial charge in [0.1, 0.15) is 5.60 Å². The van der Waals surface area contributed by atoms with E-state index in [9.17, 15) is 4.79 Å². The Labute approximate surface area is 85.4 Å². The van der Waals surface area contributed by atoms with Crippen molar-refractivity contribution in [3.05, 3.63) is 0 Å². The number of hydrogen-bond acceptors (Lipinski definition) is 3. The fourth-order valence-corrected chi connectivity index (χ4v) is 1.51. The Morgan fingerprint density at radius 3 is 2.57 bits per heavy atom. The highest BCUT2D eigenvalue weighted by Crippen LogP contribution is 2.10. The van der Waals surface area contributed by atoms with Gasteiger partial charge in [0.15, 0.2) is 0 Å². The molecule has 1 saturated heterocycles. The number of ether oxygens (including phenoxy) is 1. The minimum absolute atomic E-state index is 0.199. The van der Waals surface area contributed by atoms with Crippen molar-refractivity contribution < 1.29 is 9.53 Å². The van der Waals surface area contributed by atoms with Gasteiger partial charge in [-0.3, -0.25) is 0 Å². The second kappa shape index (κ2) is 4.17. The molecule has 1 fully saturated rings. The van der Waals surface area contributed by atoms with Gasteiger partial charge in [-0.1, -0.05) is 0 Å². The summed E-state index contributed by atoms with van der Waals surface area (Å²) in [4.78, 5) is 11.4. The van der Waals surface area contributed by atoms with E-state index in [1.807, 2.05) is 20.8 Å². The molecule has 0 radical (unpaired) electrons. The molecule has 1 rings (SSSR count). The molecule has 0 aromatic carbocycles. The highest BCUT2D eigenvalue weighted by Gasteiger charge is 2.26. The van der Waals surface area contributed by atoms with Gasteiger partial charge in [0, 0.05) is 12.1 Å². The van der Waals surface area contributed by atoms with Crippen LogP contribution in [-0.2, 0) is 4.74 Å². The quantitative estimate of drug-likeness (QED) is 0.670. The van der Waals surface area contributed by atoms with E-state index < -0.39 is 5.60 Å². The van der Waals surface area contributed by atoms with Gasteiger partial charge in [-0.05, 0) is 40.7 Å². The van der Waals surface area contributed by atoms with Gasteiger partial charge in [0.25, 0.3) is 0 Å². The molecule has 0 spiro atoms. The fraction of sp³-hybridized carbons (Fsp3) is 0.900. The zero-order valence-electron chi connectivity index (χ0n) is 9.39. The molecule has 0 aromatic rings.